The molecular formula is C30H32N6O3S. The zero-order valence-electron chi connectivity index (χ0n) is 22.7. The molecule has 2 N–H and O–H groups in total. The number of methoxy groups -OCH3 is 1. The number of nitro groups is 1. The molecular weight excluding hydrogens is 524 g/mol. The molecule has 0 aliphatic carbocycles. The summed E-state index contributed by atoms with van der Waals surface area (Å²) in [5.41, 5.74) is 5.84. The molecule has 206 valence electrons. The summed E-state index contributed by atoms with van der Waals surface area (Å²) in [4.78, 5) is 17.9. The van der Waals surface area contributed by atoms with Crippen LogP contribution in [-0.2, 0) is 0 Å². The van der Waals surface area contributed by atoms with Crippen molar-refractivity contribution in [1.29, 1.82) is 0 Å². The fourth-order valence-electron chi connectivity index (χ4n) is 5.45. The van der Waals surface area contributed by atoms with Crippen molar-refractivity contribution in [3.05, 3.63) is 112 Å². The Morgan fingerprint density at radius 3 is 2.58 bits per heavy atom. The number of benzene rings is 2. The van der Waals surface area contributed by atoms with Gasteiger partial charge in [0.1, 0.15) is 5.75 Å². The molecule has 10 heteroatoms. The third-order valence-corrected chi connectivity index (χ3v) is 7.63. The van der Waals surface area contributed by atoms with E-state index in [4.69, 9.17) is 17.0 Å². The van der Waals surface area contributed by atoms with E-state index in [-0.39, 0.29) is 17.8 Å². The number of aromatic nitrogens is 2. The lowest BCUT2D eigenvalue weighted by Crippen LogP contribution is -2.31. The van der Waals surface area contributed by atoms with Gasteiger partial charge >= 0.3 is 0 Å². The predicted molar refractivity (Wildman–Crippen MR) is 160 cm³/mol. The van der Waals surface area contributed by atoms with Crippen LogP contribution in [0, 0.1) is 24.0 Å². The number of nitrogens with zero attached hydrogens (tertiary/aromatic N) is 4. The maximum Gasteiger partial charge on any atom is 0.273 e. The number of hydrogen-bond acceptors (Lipinski definition) is 6. The molecule has 0 bridgehead atoms. The van der Waals surface area contributed by atoms with Crippen LogP contribution < -0.4 is 15.4 Å². The maximum atomic E-state index is 11.4. The van der Waals surface area contributed by atoms with E-state index in [0.29, 0.717) is 10.9 Å². The zero-order chi connectivity index (χ0) is 28.2. The van der Waals surface area contributed by atoms with Crippen LogP contribution in [0.4, 0.5) is 11.4 Å². The number of non-ortho nitro benzene ring substituents is 1. The fraction of sp³-hybridized carbons (Fsp3) is 0.267. The van der Waals surface area contributed by atoms with Crippen LogP contribution in [0.5, 0.6) is 5.75 Å². The Labute approximate surface area is 239 Å². The van der Waals surface area contributed by atoms with E-state index < -0.39 is 4.92 Å². The summed E-state index contributed by atoms with van der Waals surface area (Å²) >= 11 is 5.87. The molecule has 2 aromatic heterocycles. The second-order valence-electron chi connectivity index (χ2n) is 9.74. The molecule has 0 unspecified atom stereocenters. The number of hydrogen-bond donors (Lipinski definition) is 2. The minimum Gasteiger partial charge on any atom is -0.494 e. The van der Waals surface area contributed by atoms with Crippen LogP contribution >= 0.6 is 12.2 Å². The molecule has 1 aliphatic rings. The van der Waals surface area contributed by atoms with E-state index in [9.17, 15) is 10.1 Å². The topological polar surface area (TPSA) is 97.5 Å². The molecule has 0 saturated carbocycles. The Balaban J connectivity index is 1.49. The van der Waals surface area contributed by atoms with Crippen LogP contribution in [0.1, 0.15) is 41.1 Å². The molecule has 1 fully saturated rings. The second-order valence-corrected chi connectivity index (χ2v) is 10.1. The van der Waals surface area contributed by atoms with Crippen LogP contribution in [0.3, 0.4) is 0 Å². The number of para-hydroxylation sites is 1. The van der Waals surface area contributed by atoms with Gasteiger partial charge in [-0.2, -0.15) is 0 Å². The Hall–Kier alpha value is -4.44. The number of thiocarbonyl (C=S) groups is 1. The van der Waals surface area contributed by atoms with Gasteiger partial charge in [0.25, 0.3) is 5.69 Å². The SMILES string of the molecule is COc1cc([N+](=O)[O-])ccc1-n1c(C)cc([C@H]2[C@@H](c3ccccn3)NC(=S)N2CCCNc2ccccc2)c1C. The molecule has 0 radical (unpaired) electrons. The zero-order valence-corrected chi connectivity index (χ0v) is 23.5. The molecule has 1 saturated heterocycles. The van der Waals surface area contributed by atoms with E-state index in [2.05, 4.69) is 50.2 Å². The van der Waals surface area contributed by atoms with Gasteiger partial charge in [-0.3, -0.25) is 15.1 Å². The van der Waals surface area contributed by atoms with Crippen molar-refractivity contribution in [2.45, 2.75) is 32.4 Å². The Kier molecular flexibility index (Phi) is 7.97. The molecule has 4 aromatic rings. The third kappa shape index (κ3) is 5.35. The summed E-state index contributed by atoms with van der Waals surface area (Å²) in [6.07, 6.45) is 2.69. The van der Waals surface area contributed by atoms with Gasteiger partial charge in [0.05, 0.1) is 41.6 Å². The van der Waals surface area contributed by atoms with Gasteiger partial charge in [0.2, 0.25) is 0 Å². The maximum absolute atomic E-state index is 11.4. The summed E-state index contributed by atoms with van der Waals surface area (Å²) < 4.78 is 7.67. The number of ether oxygens (including phenoxy) is 1. The standard InChI is InChI=1S/C30H32N6O3S/c1-20-18-24(21(2)35(20)26-14-13-23(36(37)38)19-27(26)39-3)29-28(25-12-7-8-15-32-25)33-30(40)34(29)17-9-16-31-22-10-5-4-6-11-22/h4-8,10-15,18-19,28-29,31H,9,16-17H2,1-3H3,(H,33,40)/t28-,29+/m1/s1. The van der Waals surface area contributed by atoms with Crippen molar-refractivity contribution in [2.24, 2.45) is 0 Å². The lowest BCUT2D eigenvalue weighted by molar-refractivity contribution is -0.384. The lowest BCUT2D eigenvalue weighted by atomic mass is 9.96. The average molecular weight is 557 g/mol. The predicted octanol–water partition coefficient (Wildman–Crippen LogP) is 5.88. The quantitative estimate of drug-likeness (QED) is 0.108. The highest BCUT2D eigenvalue weighted by atomic mass is 32.1. The van der Waals surface area contributed by atoms with Gasteiger partial charge < -0.3 is 24.8 Å². The number of nitro benzene ring substituents is 1. The summed E-state index contributed by atoms with van der Waals surface area (Å²) in [5, 5.41) is 19.1. The van der Waals surface area contributed by atoms with Gasteiger partial charge in [0.15, 0.2) is 5.11 Å². The lowest BCUT2D eigenvalue weighted by Gasteiger charge is -2.28. The third-order valence-electron chi connectivity index (χ3n) is 7.28. The molecule has 2 aromatic carbocycles. The summed E-state index contributed by atoms with van der Waals surface area (Å²) in [6, 6.07) is 22.7. The van der Waals surface area contributed by atoms with Crippen LogP contribution in [0.15, 0.2) is 79.0 Å². The average Bonchev–Trinajstić information content (AvgIpc) is 3.45. The van der Waals surface area contributed by atoms with Crippen LogP contribution in [-0.4, -0.2) is 44.7 Å². The van der Waals surface area contributed by atoms with E-state index >= 15 is 0 Å². The number of nitrogens with one attached hydrogen (secondary N) is 2. The molecule has 3 heterocycles. The first-order chi connectivity index (χ1) is 19.4. The molecule has 9 nitrogen and oxygen atoms in total. The molecule has 0 amide bonds. The fourth-order valence-corrected chi connectivity index (χ4v) is 5.78. The van der Waals surface area contributed by atoms with Crippen molar-refractivity contribution in [2.75, 3.05) is 25.5 Å². The molecule has 0 spiro atoms. The first kappa shape index (κ1) is 27.1. The molecule has 5 rings (SSSR count). The van der Waals surface area contributed by atoms with Gasteiger partial charge in [-0.15, -0.1) is 0 Å². The Morgan fingerprint density at radius 1 is 1.10 bits per heavy atom. The second kappa shape index (κ2) is 11.7. The summed E-state index contributed by atoms with van der Waals surface area (Å²) in [6.45, 7) is 5.66. The van der Waals surface area contributed by atoms with E-state index in [1.165, 1.54) is 19.2 Å². The highest BCUT2D eigenvalue weighted by Crippen LogP contribution is 2.42. The van der Waals surface area contributed by atoms with Crippen molar-refractivity contribution >= 4 is 28.7 Å². The largest absolute Gasteiger partial charge is 0.494 e. The van der Waals surface area contributed by atoms with E-state index in [1.807, 2.05) is 43.3 Å². The number of rotatable bonds is 10. The van der Waals surface area contributed by atoms with Gasteiger partial charge in [0, 0.05) is 42.4 Å². The minimum absolute atomic E-state index is 0.0147. The van der Waals surface area contributed by atoms with E-state index in [1.54, 1.807) is 12.3 Å². The van der Waals surface area contributed by atoms with Crippen molar-refractivity contribution < 1.29 is 9.66 Å². The van der Waals surface area contributed by atoms with Gasteiger partial charge in [-0.05, 0) is 74.4 Å². The van der Waals surface area contributed by atoms with E-state index in [0.717, 1.165) is 53.5 Å². The smallest absolute Gasteiger partial charge is 0.273 e. The molecule has 40 heavy (non-hydrogen) atoms. The summed E-state index contributed by atoms with van der Waals surface area (Å²) in [5.74, 6) is 0.438. The number of pyridine rings is 1. The van der Waals surface area contributed by atoms with Gasteiger partial charge in [-0.1, -0.05) is 24.3 Å². The van der Waals surface area contributed by atoms with Crippen LogP contribution in [0.25, 0.3) is 5.69 Å². The number of anilines is 1. The Morgan fingerprint density at radius 2 is 1.88 bits per heavy atom. The minimum atomic E-state index is -0.416. The van der Waals surface area contributed by atoms with Crippen LogP contribution in [0.2, 0.25) is 0 Å². The first-order valence-corrected chi connectivity index (χ1v) is 13.6. The van der Waals surface area contributed by atoms with Crippen molar-refractivity contribution in [1.82, 2.24) is 19.8 Å². The summed E-state index contributed by atoms with van der Waals surface area (Å²) in [7, 11) is 1.53. The van der Waals surface area contributed by atoms with Crippen molar-refractivity contribution in [3.63, 3.8) is 0 Å². The van der Waals surface area contributed by atoms with Gasteiger partial charge in [-0.25, -0.2) is 0 Å². The monoisotopic (exact) mass is 556 g/mol. The normalized spacial score (nSPS) is 16.6. The Bertz CT molecular complexity index is 1510. The highest BCUT2D eigenvalue weighted by Gasteiger charge is 2.41. The molecule has 1 aliphatic heterocycles. The first-order valence-electron chi connectivity index (χ1n) is 13.2. The highest BCUT2D eigenvalue weighted by molar-refractivity contribution is 7.80. The van der Waals surface area contributed by atoms with Crippen molar-refractivity contribution in [3.8, 4) is 11.4 Å². The molecule has 2 atom stereocenters. The number of aryl methyl sites for hydroxylation is 1.